The van der Waals surface area contributed by atoms with E-state index >= 15 is 0 Å². The third kappa shape index (κ3) is 3.55. The normalized spacial score (nSPS) is 20.2. The highest BCUT2D eigenvalue weighted by Gasteiger charge is 2.35. The standard InChI is InChI=1S/C18H20N2O4/c21-11-13-8-14(12-22)20(10-13)18(23)17-7-6-16(9-19-17)24-15-4-2-1-3-5-15/h1-7,9,13-14,21-22H,8,10-12H2. The molecule has 3 rings (SSSR count). The summed E-state index contributed by atoms with van der Waals surface area (Å²) in [6.07, 6.45) is 2.11. The van der Waals surface area contributed by atoms with Crippen LogP contribution in [0.25, 0.3) is 0 Å². The van der Waals surface area contributed by atoms with Gasteiger partial charge in [-0.25, -0.2) is 4.98 Å². The van der Waals surface area contributed by atoms with Crippen molar-refractivity contribution in [2.75, 3.05) is 19.8 Å². The molecule has 0 aliphatic carbocycles. The van der Waals surface area contributed by atoms with E-state index in [0.29, 0.717) is 30.2 Å². The predicted octanol–water partition coefficient (Wildman–Crippen LogP) is 1.69. The lowest BCUT2D eigenvalue weighted by atomic mass is 10.1. The molecule has 1 aliphatic heterocycles. The summed E-state index contributed by atoms with van der Waals surface area (Å²) in [6, 6.07) is 12.4. The van der Waals surface area contributed by atoms with Gasteiger partial charge in [-0.3, -0.25) is 4.79 Å². The van der Waals surface area contributed by atoms with E-state index in [4.69, 9.17) is 4.74 Å². The fourth-order valence-corrected chi connectivity index (χ4v) is 2.91. The maximum Gasteiger partial charge on any atom is 0.272 e. The molecule has 2 aromatic rings. The summed E-state index contributed by atoms with van der Waals surface area (Å²) in [5, 5.41) is 18.7. The largest absolute Gasteiger partial charge is 0.456 e. The number of hydrogen-bond acceptors (Lipinski definition) is 5. The molecule has 1 fully saturated rings. The number of aliphatic hydroxyl groups is 2. The van der Waals surface area contributed by atoms with E-state index in [9.17, 15) is 15.0 Å². The summed E-state index contributed by atoms with van der Waals surface area (Å²) in [5.74, 6) is 1.01. The van der Waals surface area contributed by atoms with Crippen molar-refractivity contribution in [2.24, 2.45) is 5.92 Å². The fraction of sp³-hybridized carbons (Fsp3) is 0.333. The van der Waals surface area contributed by atoms with Crippen molar-refractivity contribution >= 4 is 5.91 Å². The lowest BCUT2D eigenvalue weighted by Crippen LogP contribution is -2.38. The van der Waals surface area contributed by atoms with Gasteiger partial charge in [-0.05, 0) is 30.7 Å². The third-order valence-corrected chi connectivity index (χ3v) is 4.17. The van der Waals surface area contributed by atoms with Gasteiger partial charge in [0.15, 0.2) is 0 Å². The second-order valence-corrected chi connectivity index (χ2v) is 5.87. The molecule has 6 heteroatoms. The van der Waals surface area contributed by atoms with Gasteiger partial charge in [0.25, 0.3) is 5.91 Å². The predicted molar refractivity (Wildman–Crippen MR) is 87.9 cm³/mol. The van der Waals surface area contributed by atoms with Crippen LogP contribution in [0.15, 0.2) is 48.7 Å². The molecule has 0 spiro atoms. The highest BCUT2D eigenvalue weighted by atomic mass is 16.5. The van der Waals surface area contributed by atoms with Crippen molar-refractivity contribution in [1.29, 1.82) is 0 Å². The van der Waals surface area contributed by atoms with Crippen LogP contribution < -0.4 is 4.74 Å². The second kappa shape index (κ2) is 7.42. The molecule has 6 nitrogen and oxygen atoms in total. The van der Waals surface area contributed by atoms with Gasteiger partial charge in [0.2, 0.25) is 0 Å². The van der Waals surface area contributed by atoms with Crippen molar-refractivity contribution in [1.82, 2.24) is 9.88 Å². The Balaban J connectivity index is 1.70. The van der Waals surface area contributed by atoms with Crippen molar-refractivity contribution < 1.29 is 19.7 Å². The number of aliphatic hydroxyl groups excluding tert-OH is 2. The molecule has 0 radical (unpaired) electrons. The van der Waals surface area contributed by atoms with E-state index in [2.05, 4.69) is 4.98 Å². The first kappa shape index (κ1) is 16.4. The van der Waals surface area contributed by atoms with E-state index in [0.717, 1.165) is 0 Å². The number of benzene rings is 1. The van der Waals surface area contributed by atoms with Crippen LogP contribution in [-0.2, 0) is 0 Å². The number of para-hydroxylation sites is 1. The minimum absolute atomic E-state index is 0.00628. The maximum absolute atomic E-state index is 12.6. The van der Waals surface area contributed by atoms with Gasteiger partial charge < -0.3 is 19.8 Å². The molecule has 2 atom stereocenters. The zero-order chi connectivity index (χ0) is 16.9. The summed E-state index contributed by atoms with van der Waals surface area (Å²) in [4.78, 5) is 18.3. The number of nitrogens with zero attached hydrogens (tertiary/aromatic N) is 2. The Bertz CT molecular complexity index is 675. The van der Waals surface area contributed by atoms with Crippen LogP contribution in [0.2, 0.25) is 0 Å². The average molecular weight is 328 g/mol. The summed E-state index contributed by atoms with van der Waals surface area (Å²) >= 11 is 0. The Morgan fingerprint density at radius 3 is 2.54 bits per heavy atom. The topological polar surface area (TPSA) is 82.9 Å². The number of ether oxygens (including phenoxy) is 1. The zero-order valence-electron chi connectivity index (χ0n) is 13.2. The van der Waals surface area contributed by atoms with Gasteiger partial charge in [-0.2, -0.15) is 0 Å². The number of carbonyl (C=O) groups excluding carboxylic acids is 1. The maximum atomic E-state index is 12.6. The first-order valence-corrected chi connectivity index (χ1v) is 7.93. The Kier molecular flexibility index (Phi) is 5.08. The molecule has 2 N–H and O–H groups in total. The third-order valence-electron chi connectivity index (χ3n) is 4.17. The molecule has 1 saturated heterocycles. The molecule has 0 saturated carbocycles. The molecule has 1 aromatic heterocycles. The number of pyridine rings is 1. The van der Waals surface area contributed by atoms with Crippen LogP contribution in [0, 0.1) is 5.92 Å². The van der Waals surface area contributed by atoms with E-state index in [1.54, 1.807) is 17.0 Å². The van der Waals surface area contributed by atoms with Gasteiger partial charge in [0.05, 0.1) is 18.8 Å². The Morgan fingerprint density at radius 2 is 1.92 bits per heavy atom. The quantitative estimate of drug-likeness (QED) is 0.873. The van der Waals surface area contributed by atoms with Crippen LogP contribution >= 0.6 is 0 Å². The van der Waals surface area contributed by atoms with Gasteiger partial charge in [0.1, 0.15) is 17.2 Å². The van der Waals surface area contributed by atoms with E-state index in [-0.39, 0.29) is 31.1 Å². The number of rotatable bonds is 5. The van der Waals surface area contributed by atoms with Crippen molar-refractivity contribution in [3.05, 3.63) is 54.4 Å². The summed E-state index contributed by atoms with van der Waals surface area (Å²) in [7, 11) is 0. The van der Waals surface area contributed by atoms with Gasteiger partial charge in [-0.1, -0.05) is 18.2 Å². The molecule has 2 heterocycles. The minimum atomic E-state index is -0.267. The average Bonchev–Trinajstić information content (AvgIpc) is 3.06. The van der Waals surface area contributed by atoms with Crippen molar-refractivity contribution in [2.45, 2.75) is 12.5 Å². The van der Waals surface area contributed by atoms with E-state index in [1.165, 1.54) is 6.20 Å². The van der Waals surface area contributed by atoms with Crippen LogP contribution in [-0.4, -0.2) is 51.8 Å². The van der Waals surface area contributed by atoms with Gasteiger partial charge >= 0.3 is 0 Å². The molecule has 1 aromatic carbocycles. The smallest absolute Gasteiger partial charge is 0.272 e. The van der Waals surface area contributed by atoms with Crippen molar-refractivity contribution in [3.63, 3.8) is 0 Å². The van der Waals surface area contributed by atoms with Crippen LogP contribution in [0.5, 0.6) is 11.5 Å². The zero-order valence-corrected chi connectivity index (χ0v) is 13.2. The highest BCUT2D eigenvalue weighted by Crippen LogP contribution is 2.25. The van der Waals surface area contributed by atoms with Gasteiger partial charge in [0, 0.05) is 19.1 Å². The summed E-state index contributed by atoms with van der Waals surface area (Å²) in [5.41, 5.74) is 0.299. The molecule has 1 aliphatic rings. The Morgan fingerprint density at radius 1 is 1.12 bits per heavy atom. The molecular formula is C18H20N2O4. The monoisotopic (exact) mass is 328 g/mol. The first-order chi connectivity index (χ1) is 11.7. The van der Waals surface area contributed by atoms with Crippen LogP contribution in [0.1, 0.15) is 16.9 Å². The Hall–Kier alpha value is -2.44. The van der Waals surface area contributed by atoms with Gasteiger partial charge in [-0.15, -0.1) is 0 Å². The molecular weight excluding hydrogens is 308 g/mol. The molecule has 126 valence electrons. The lowest BCUT2D eigenvalue weighted by molar-refractivity contribution is 0.0666. The van der Waals surface area contributed by atoms with E-state index < -0.39 is 0 Å². The van der Waals surface area contributed by atoms with E-state index in [1.807, 2.05) is 30.3 Å². The first-order valence-electron chi connectivity index (χ1n) is 7.93. The molecule has 1 amide bonds. The fourth-order valence-electron chi connectivity index (χ4n) is 2.91. The second-order valence-electron chi connectivity index (χ2n) is 5.87. The highest BCUT2D eigenvalue weighted by molar-refractivity contribution is 5.92. The lowest BCUT2D eigenvalue weighted by Gasteiger charge is -2.22. The number of hydrogen-bond donors (Lipinski definition) is 2. The summed E-state index contributed by atoms with van der Waals surface area (Å²) in [6.45, 7) is 0.333. The summed E-state index contributed by atoms with van der Waals surface area (Å²) < 4.78 is 5.65. The SMILES string of the molecule is O=C(c1ccc(Oc2ccccc2)cn1)N1CC(CO)CC1CO. The van der Waals surface area contributed by atoms with Crippen LogP contribution in [0.3, 0.4) is 0 Å². The van der Waals surface area contributed by atoms with Crippen molar-refractivity contribution in [3.8, 4) is 11.5 Å². The molecule has 24 heavy (non-hydrogen) atoms. The number of aromatic nitrogens is 1. The molecule has 0 bridgehead atoms. The minimum Gasteiger partial charge on any atom is -0.456 e. The molecule has 2 unspecified atom stereocenters. The number of likely N-dealkylation sites (tertiary alicyclic amines) is 1. The number of amides is 1. The number of carbonyl (C=O) groups is 1. The van der Waals surface area contributed by atoms with Crippen LogP contribution in [0.4, 0.5) is 0 Å². The Labute approximate surface area is 140 Å².